The van der Waals surface area contributed by atoms with E-state index in [-0.39, 0.29) is 17.3 Å². The highest BCUT2D eigenvalue weighted by Crippen LogP contribution is 2.29. The Balaban J connectivity index is 1.53. The first-order valence-electron chi connectivity index (χ1n) is 9.18. The Morgan fingerprint density at radius 1 is 1.32 bits per heavy atom. The molecule has 1 amide bonds. The molecule has 1 unspecified atom stereocenters. The van der Waals surface area contributed by atoms with E-state index in [0.29, 0.717) is 16.9 Å². The van der Waals surface area contributed by atoms with Gasteiger partial charge < -0.3 is 10.2 Å². The molecule has 2 aliphatic heterocycles. The highest BCUT2D eigenvalue weighted by molar-refractivity contribution is 6.67. The summed E-state index contributed by atoms with van der Waals surface area (Å²) < 4.78 is 13.9. The quantitative estimate of drug-likeness (QED) is 0.597. The van der Waals surface area contributed by atoms with E-state index in [2.05, 4.69) is 30.8 Å². The number of nitrogens with zero attached hydrogens (tertiary/aromatic N) is 4. The zero-order valence-corrected chi connectivity index (χ0v) is 14.9. The van der Waals surface area contributed by atoms with Gasteiger partial charge in [-0.15, -0.1) is 0 Å². The molecule has 1 fully saturated rings. The smallest absolute Gasteiger partial charge is 0.278 e. The predicted molar refractivity (Wildman–Crippen MR) is 103 cm³/mol. The number of nitrogens with two attached hydrogens (primary N) is 1. The summed E-state index contributed by atoms with van der Waals surface area (Å²) in [7, 11) is 0. The van der Waals surface area contributed by atoms with Crippen molar-refractivity contribution < 1.29 is 9.18 Å². The maximum Gasteiger partial charge on any atom is 0.278 e. The van der Waals surface area contributed by atoms with E-state index < -0.39 is 17.6 Å². The van der Waals surface area contributed by atoms with Gasteiger partial charge in [0.1, 0.15) is 11.3 Å². The minimum absolute atomic E-state index is 0.241. The number of aromatic nitrogens is 2. The number of anilines is 1. The number of fused-ring (bicyclic) bond motifs is 2. The minimum atomic E-state index is -1.60. The molecule has 0 saturated heterocycles. The van der Waals surface area contributed by atoms with E-state index in [4.69, 9.17) is 5.73 Å². The number of nitrogens with one attached hydrogen (secondary N) is 3. The Bertz CT molecular complexity index is 1050. The normalized spacial score (nSPS) is 24.8. The number of hydrogen-bond acceptors (Lipinski definition) is 7. The van der Waals surface area contributed by atoms with Crippen LogP contribution in [0.3, 0.4) is 0 Å². The summed E-state index contributed by atoms with van der Waals surface area (Å²) in [5.74, 6) is -2.01. The Labute approximate surface area is 159 Å². The average Bonchev–Trinajstić information content (AvgIpc) is 3.35. The second-order valence-electron chi connectivity index (χ2n) is 7.16. The van der Waals surface area contributed by atoms with Crippen molar-refractivity contribution in [1.82, 2.24) is 20.4 Å². The van der Waals surface area contributed by atoms with Crippen LogP contribution >= 0.6 is 0 Å². The maximum absolute atomic E-state index is 13.9. The number of carbonyl (C=O) groups is 1. The standard InChI is InChI=1S/C18H19FN8O/c19-12-5-6-13(11-9-22-26-14(11)12)23-18(20)24-16-15(17(28)25-18)21-7-8-27(16)10-3-1-2-4-10/h5-10,23H,1-4,20H2,(H,22,26)(H,25,28). The molecule has 1 atom stereocenters. The third-order valence-corrected chi connectivity index (χ3v) is 5.30. The van der Waals surface area contributed by atoms with Gasteiger partial charge in [0.05, 0.1) is 6.20 Å². The fourth-order valence-corrected chi connectivity index (χ4v) is 3.98. The number of aliphatic imine (C=N–C) groups is 2. The molecule has 0 radical (unpaired) electrons. The Hall–Kier alpha value is -3.27. The van der Waals surface area contributed by atoms with Crippen LogP contribution in [0, 0.1) is 5.82 Å². The molecule has 3 heterocycles. The van der Waals surface area contributed by atoms with E-state index >= 15 is 0 Å². The van der Waals surface area contributed by atoms with Crippen molar-refractivity contribution >= 4 is 34.0 Å². The van der Waals surface area contributed by atoms with Crippen molar-refractivity contribution in [1.29, 1.82) is 0 Å². The zero-order chi connectivity index (χ0) is 19.3. The lowest BCUT2D eigenvalue weighted by Crippen LogP contribution is -2.67. The Morgan fingerprint density at radius 2 is 2.14 bits per heavy atom. The molecule has 28 heavy (non-hydrogen) atoms. The maximum atomic E-state index is 13.9. The number of amides is 1. The molecule has 1 aliphatic carbocycles. The van der Waals surface area contributed by atoms with Gasteiger partial charge in [0.2, 0.25) is 0 Å². The molecule has 1 aromatic carbocycles. The Morgan fingerprint density at radius 3 is 2.96 bits per heavy atom. The van der Waals surface area contributed by atoms with Crippen LogP contribution in [-0.2, 0) is 4.79 Å². The average molecular weight is 382 g/mol. The topological polar surface area (TPSA) is 124 Å². The molecule has 1 saturated carbocycles. The largest absolute Gasteiger partial charge is 0.331 e. The molecule has 2 aromatic rings. The molecule has 10 heteroatoms. The van der Waals surface area contributed by atoms with Gasteiger partial charge in [0, 0.05) is 29.5 Å². The van der Waals surface area contributed by atoms with E-state index in [9.17, 15) is 9.18 Å². The summed E-state index contributed by atoms with van der Waals surface area (Å²) in [6.45, 7) is 0. The summed E-state index contributed by atoms with van der Waals surface area (Å²) in [5.41, 5.74) is 7.37. The van der Waals surface area contributed by atoms with E-state index in [1.807, 2.05) is 11.1 Å². The number of H-pyrrole nitrogens is 1. The summed E-state index contributed by atoms with van der Waals surface area (Å²) in [4.78, 5) is 23.4. The molecule has 0 bridgehead atoms. The molecule has 144 valence electrons. The minimum Gasteiger partial charge on any atom is -0.331 e. The van der Waals surface area contributed by atoms with Crippen molar-refractivity contribution in [3.05, 3.63) is 36.5 Å². The zero-order valence-electron chi connectivity index (χ0n) is 14.9. The van der Waals surface area contributed by atoms with Gasteiger partial charge in [-0.3, -0.25) is 20.9 Å². The molecule has 0 spiro atoms. The number of rotatable bonds is 3. The first kappa shape index (κ1) is 16.9. The molecular formula is C18H19FN8O. The fourth-order valence-electron chi connectivity index (χ4n) is 3.98. The number of amidine groups is 1. The van der Waals surface area contributed by atoms with E-state index in [1.165, 1.54) is 18.3 Å². The summed E-state index contributed by atoms with van der Waals surface area (Å²) in [6.07, 6.45) is 9.26. The van der Waals surface area contributed by atoms with Gasteiger partial charge in [0.25, 0.3) is 11.8 Å². The number of hydrogen-bond donors (Lipinski definition) is 4. The monoisotopic (exact) mass is 382 g/mol. The summed E-state index contributed by atoms with van der Waals surface area (Å²) >= 11 is 0. The predicted octanol–water partition coefficient (Wildman–Crippen LogP) is 1.38. The lowest BCUT2D eigenvalue weighted by atomic mass is 10.1. The number of aromatic amines is 1. The molecule has 5 rings (SSSR count). The van der Waals surface area contributed by atoms with Crippen LogP contribution in [-0.4, -0.2) is 44.5 Å². The fraction of sp³-hybridized carbons (Fsp3) is 0.333. The molecule has 9 nitrogen and oxygen atoms in total. The number of benzene rings is 1. The molecular weight excluding hydrogens is 363 g/mol. The van der Waals surface area contributed by atoms with Crippen LogP contribution in [0.25, 0.3) is 10.9 Å². The van der Waals surface area contributed by atoms with Crippen LogP contribution < -0.4 is 16.4 Å². The molecule has 3 aliphatic rings. The third kappa shape index (κ3) is 2.64. The highest BCUT2D eigenvalue weighted by atomic mass is 19.1. The summed E-state index contributed by atoms with van der Waals surface area (Å²) in [6, 6.07) is 3.10. The first-order chi connectivity index (χ1) is 13.5. The van der Waals surface area contributed by atoms with E-state index in [0.717, 1.165) is 25.7 Å². The molecule has 5 N–H and O–H groups in total. The lowest BCUT2D eigenvalue weighted by Gasteiger charge is -2.38. The van der Waals surface area contributed by atoms with Crippen molar-refractivity contribution in [2.45, 2.75) is 37.6 Å². The summed E-state index contributed by atoms with van der Waals surface area (Å²) in [5, 5.41) is 12.7. The second kappa shape index (κ2) is 6.13. The third-order valence-electron chi connectivity index (χ3n) is 5.30. The Kier molecular flexibility index (Phi) is 3.69. The van der Waals surface area contributed by atoms with Crippen LogP contribution in [0.15, 0.2) is 40.7 Å². The van der Waals surface area contributed by atoms with Crippen LogP contribution in [0.5, 0.6) is 0 Å². The first-order valence-corrected chi connectivity index (χ1v) is 9.18. The lowest BCUT2D eigenvalue weighted by molar-refractivity contribution is -0.116. The van der Waals surface area contributed by atoms with Crippen molar-refractivity contribution in [3.8, 4) is 0 Å². The van der Waals surface area contributed by atoms with Crippen LogP contribution in [0.2, 0.25) is 0 Å². The highest BCUT2D eigenvalue weighted by Gasteiger charge is 2.41. The molecule has 1 aromatic heterocycles. The van der Waals surface area contributed by atoms with Crippen molar-refractivity contribution in [2.75, 3.05) is 5.32 Å². The second-order valence-corrected chi connectivity index (χ2v) is 7.16. The van der Waals surface area contributed by atoms with Gasteiger partial charge in [-0.1, -0.05) is 12.8 Å². The number of carbonyl (C=O) groups excluding carboxylic acids is 1. The SMILES string of the molecule is NC1(Nc2ccc(F)c3[nH]ncc23)N=C2C(=NC=CN2C2CCCC2)C(=O)N1. The van der Waals surface area contributed by atoms with Crippen LogP contribution in [0.1, 0.15) is 25.7 Å². The number of halogens is 1. The van der Waals surface area contributed by atoms with Crippen molar-refractivity contribution in [2.24, 2.45) is 15.7 Å². The van der Waals surface area contributed by atoms with Crippen LogP contribution in [0.4, 0.5) is 10.1 Å². The van der Waals surface area contributed by atoms with Gasteiger partial charge >= 0.3 is 0 Å². The van der Waals surface area contributed by atoms with Crippen molar-refractivity contribution in [3.63, 3.8) is 0 Å². The van der Waals surface area contributed by atoms with Gasteiger partial charge in [-0.05, 0) is 25.0 Å². The van der Waals surface area contributed by atoms with Gasteiger partial charge in [0.15, 0.2) is 11.5 Å². The van der Waals surface area contributed by atoms with E-state index in [1.54, 1.807) is 6.20 Å². The van der Waals surface area contributed by atoms with Gasteiger partial charge in [-0.2, -0.15) is 5.10 Å². The van der Waals surface area contributed by atoms with Gasteiger partial charge in [-0.25, -0.2) is 14.4 Å².